The predicted molar refractivity (Wildman–Crippen MR) is 121 cm³/mol. The first-order chi connectivity index (χ1) is 14.9. The Balaban J connectivity index is 1.91. The number of carbonyl (C=O) groups is 1. The zero-order valence-electron chi connectivity index (χ0n) is 18.3. The molecule has 2 heterocycles. The zero-order chi connectivity index (χ0) is 22.0. The van der Waals surface area contributed by atoms with E-state index in [0.717, 1.165) is 22.5 Å². The second-order valence-electron chi connectivity index (χ2n) is 8.51. The molecule has 6 nitrogen and oxygen atoms in total. The second-order valence-corrected chi connectivity index (χ2v) is 8.51. The Hall–Kier alpha value is -3.25. The van der Waals surface area contributed by atoms with Crippen LogP contribution in [0.2, 0.25) is 0 Å². The average Bonchev–Trinajstić information content (AvgIpc) is 2.77. The van der Waals surface area contributed by atoms with E-state index in [4.69, 9.17) is 19.4 Å². The van der Waals surface area contributed by atoms with Crippen LogP contribution in [0.5, 0.6) is 0 Å². The highest BCUT2D eigenvalue weighted by molar-refractivity contribution is 5.89. The van der Waals surface area contributed by atoms with E-state index in [9.17, 15) is 4.79 Å². The number of fused-ring (bicyclic) bond motifs is 1. The van der Waals surface area contributed by atoms with Crippen molar-refractivity contribution in [2.24, 2.45) is 0 Å². The maximum atomic E-state index is 13.0. The van der Waals surface area contributed by atoms with Crippen molar-refractivity contribution < 1.29 is 14.3 Å². The van der Waals surface area contributed by atoms with Crippen LogP contribution < -0.4 is 4.90 Å². The maximum Gasteiger partial charge on any atom is 0.416 e. The number of hydrogen-bond donors (Lipinski definition) is 0. The second kappa shape index (κ2) is 8.47. The molecule has 1 atom stereocenters. The first-order valence-electron chi connectivity index (χ1n) is 10.4. The maximum absolute atomic E-state index is 13.0. The smallest absolute Gasteiger partial charge is 0.416 e. The first-order valence-corrected chi connectivity index (χ1v) is 10.4. The molecule has 1 unspecified atom stereocenters. The fourth-order valence-corrected chi connectivity index (χ4v) is 3.66. The van der Waals surface area contributed by atoms with Gasteiger partial charge in [0.1, 0.15) is 17.4 Å². The molecule has 3 aromatic rings. The number of aromatic nitrogens is 2. The Kier molecular flexibility index (Phi) is 5.74. The molecule has 6 heteroatoms. The summed E-state index contributed by atoms with van der Waals surface area (Å²) in [5, 5.41) is 0. The summed E-state index contributed by atoms with van der Waals surface area (Å²) < 4.78 is 11.3. The van der Waals surface area contributed by atoms with Gasteiger partial charge in [0.2, 0.25) is 0 Å². The van der Waals surface area contributed by atoms with Gasteiger partial charge in [-0.1, -0.05) is 60.7 Å². The van der Waals surface area contributed by atoms with Crippen molar-refractivity contribution in [2.75, 3.05) is 18.6 Å². The molecule has 0 N–H and O–H groups in total. The van der Waals surface area contributed by atoms with Gasteiger partial charge in [-0.3, -0.25) is 4.90 Å². The van der Waals surface area contributed by atoms with Crippen molar-refractivity contribution in [3.05, 3.63) is 66.4 Å². The van der Waals surface area contributed by atoms with Crippen LogP contribution in [0.4, 0.5) is 10.6 Å². The van der Waals surface area contributed by atoms with Gasteiger partial charge in [0, 0.05) is 24.8 Å². The molecule has 0 spiro atoms. The third kappa shape index (κ3) is 4.44. The molecule has 4 rings (SSSR count). The Labute approximate surface area is 182 Å². The lowest BCUT2D eigenvalue weighted by molar-refractivity contribution is 0.0536. The molecule has 1 aromatic heterocycles. The number of carbonyl (C=O) groups excluding carboxylic acids is 1. The normalized spacial score (nSPS) is 16.0. The van der Waals surface area contributed by atoms with E-state index in [2.05, 4.69) is 0 Å². The molecule has 0 saturated heterocycles. The minimum Gasteiger partial charge on any atom is -0.443 e. The highest BCUT2D eigenvalue weighted by Crippen LogP contribution is 2.39. The van der Waals surface area contributed by atoms with Gasteiger partial charge in [0.15, 0.2) is 5.82 Å². The minimum atomic E-state index is -0.602. The molecule has 0 saturated carbocycles. The van der Waals surface area contributed by atoms with E-state index < -0.39 is 11.7 Å². The summed E-state index contributed by atoms with van der Waals surface area (Å²) in [6, 6.07) is 19.8. The summed E-state index contributed by atoms with van der Waals surface area (Å²) >= 11 is 0. The van der Waals surface area contributed by atoms with Crippen LogP contribution in [0.15, 0.2) is 60.7 Å². The number of ether oxygens (including phenoxy) is 2. The molecule has 0 fully saturated rings. The number of methoxy groups -OCH3 is 1. The molecule has 0 radical (unpaired) electrons. The zero-order valence-corrected chi connectivity index (χ0v) is 18.3. The lowest BCUT2D eigenvalue weighted by atomic mass is 10.0. The predicted octanol–water partition coefficient (Wildman–Crippen LogP) is 5.64. The molecule has 2 aromatic carbocycles. The largest absolute Gasteiger partial charge is 0.443 e. The van der Waals surface area contributed by atoms with Gasteiger partial charge in [-0.15, -0.1) is 0 Å². The van der Waals surface area contributed by atoms with Crippen molar-refractivity contribution in [1.82, 2.24) is 9.97 Å². The van der Waals surface area contributed by atoms with E-state index in [1.807, 2.05) is 81.4 Å². The van der Waals surface area contributed by atoms with Crippen LogP contribution in [0.1, 0.15) is 39.0 Å². The summed E-state index contributed by atoms with van der Waals surface area (Å²) in [5.41, 5.74) is 3.42. The van der Waals surface area contributed by atoms with Gasteiger partial charge >= 0.3 is 6.09 Å². The molecule has 0 aliphatic carbocycles. The van der Waals surface area contributed by atoms with Crippen molar-refractivity contribution >= 4 is 11.9 Å². The Bertz CT molecular complexity index is 1060. The van der Waals surface area contributed by atoms with E-state index >= 15 is 0 Å². The van der Waals surface area contributed by atoms with Crippen LogP contribution in [-0.2, 0) is 9.47 Å². The third-order valence-corrected chi connectivity index (χ3v) is 5.07. The molecule has 0 bridgehead atoms. The fourth-order valence-electron chi connectivity index (χ4n) is 3.66. The number of benzene rings is 2. The van der Waals surface area contributed by atoms with Crippen molar-refractivity contribution in [3.8, 4) is 22.5 Å². The van der Waals surface area contributed by atoms with E-state index in [-0.39, 0.29) is 6.10 Å². The van der Waals surface area contributed by atoms with Crippen LogP contribution >= 0.6 is 0 Å². The highest BCUT2D eigenvalue weighted by atomic mass is 16.6. The number of amides is 1. The number of nitrogens with zero attached hydrogens (tertiary/aromatic N) is 3. The molecular weight excluding hydrogens is 390 g/mol. The van der Waals surface area contributed by atoms with Gasteiger partial charge in [0.25, 0.3) is 0 Å². The summed E-state index contributed by atoms with van der Waals surface area (Å²) in [5.74, 6) is 0.492. The first kappa shape index (κ1) is 21.0. The number of rotatable bonds is 3. The lowest BCUT2D eigenvalue weighted by Crippen LogP contribution is -2.41. The SMILES string of the molecule is COC1CCN(C(=O)OC(C)(C)C)c2nc(-c3ccccc3)c(-c3ccccc3)nc21. The van der Waals surface area contributed by atoms with Crippen molar-refractivity contribution in [1.29, 1.82) is 0 Å². The average molecular weight is 418 g/mol. The topological polar surface area (TPSA) is 64.5 Å². The highest BCUT2D eigenvalue weighted by Gasteiger charge is 2.35. The van der Waals surface area contributed by atoms with E-state index in [1.54, 1.807) is 12.0 Å². The quantitative estimate of drug-likeness (QED) is 0.551. The molecule has 1 amide bonds. The van der Waals surface area contributed by atoms with Crippen molar-refractivity contribution in [3.63, 3.8) is 0 Å². The fraction of sp³-hybridized carbons (Fsp3) is 0.320. The molecule has 1 aliphatic rings. The van der Waals surface area contributed by atoms with Gasteiger partial charge in [-0.25, -0.2) is 14.8 Å². The summed E-state index contributed by atoms with van der Waals surface area (Å²) in [7, 11) is 1.66. The van der Waals surface area contributed by atoms with Gasteiger partial charge in [0.05, 0.1) is 11.4 Å². The molecule has 31 heavy (non-hydrogen) atoms. The molecular formula is C25H27N3O3. The van der Waals surface area contributed by atoms with Crippen LogP contribution in [0.25, 0.3) is 22.5 Å². The monoisotopic (exact) mass is 417 g/mol. The summed E-state index contributed by atoms with van der Waals surface area (Å²) in [6.07, 6.45) is -0.0476. The standard InChI is InChI=1S/C25H27N3O3/c1-25(2,3)31-24(29)28-16-15-19(30-4)22-23(28)27-21(18-13-9-6-10-14-18)20(26-22)17-11-7-5-8-12-17/h5-14,19H,15-16H2,1-4H3. The summed E-state index contributed by atoms with van der Waals surface area (Å²) in [4.78, 5) is 24.5. The lowest BCUT2D eigenvalue weighted by Gasteiger charge is -2.33. The Morgan fingerprint density at radius 3 is 2.00 bits per heavy atom. The third-order valence-electron chi connectivity index (χ3n) is 5.07. The van der Waals surface area contributed by atoms with Crippen LogP contribution in [0.3, 0.4) is 0 Å². The van der Waals surface area contributed by atoms with E-state index in [1.165, 1.54) is 0 Å². The van der Waals surface area contributed by atoms with Crippen LogP contribution in [-0.4, -0.2) is 35.3 Å². The van der Waals surface area contributed by atoms with Gasteiger partial charge < -0.3 is 9.47 Å². The summed E-state index contributed by atoms with van der Waals surface area (Å²) in [6.45, 7) is 6.02. The number of hydrogen-bond acceptors (Lipinski definition) is 5. The van der Waals surface area contributed by atoms with Crippen molar-refractivity contribution in [2.45, 2.75) is 38.9 Å². The van der Waals surface area contributed by atoms with Gasteiger partial charge in [-0.2, -0.15) is 0 Å². The molecule has 160 valence electrons. The minimum absolute atomic E-state index is 0.242. The Morgan fingerprint density at radius 2 is 1.48 bits per heavy atom. The number of anilines is 1. The Morgan fingerprint density at radius 1 is 0.935 bits per heavy atom. The molecule has 1 aliphatic heterocycles. The van der Waals surface area contributed by atoms with Gasteiger partial charge in [-0.05, 0) is 27.2 Å². The van der Waals surface area contributed by atoms with Crippen LogP contribution in [0, 0.1) is 0 Å². The van der Waals surface area contributed by atoms with E-state index in [0.29, 0.717) is 24.5 Å².